The van der Waals surface area contributed by atoms with Crippen molar-refractivity contribution < 1.29 is 14.3 Å². The van der Waals surface area contributed by atoms with E-state index in [0.29, 0.717) is 19.5 Å². The third kappa shape index (κ3) is 3.68. The molecule has 0 spiro atoms. The van der Waals surface area contributed by atoms with Crippen LogP contribution < -0.4 is 10.1 Å². The maximum atomic E-state index is 12.8. The molecule has 140 valence electrons. The van der Waals surface area contributed by atoms with Gasteiger partial charge in [-0.05, 0) is 30.0 Å². The fraction of sp³-hybridized carbons (Fsp3) is 0.364. The summed E-state index contributed by atoms with van der Waals surface area (Å²) in [6.45, 7) is 1.81. The van der Waals surface area contributed by atoms with E-state index in [0.717, 1.165) is 24.3 Å². The zero-order valence-corrected chi connectivity index (χ0v) is 15.5. The van der Waals surface area contributed by atoms with E-state index in [1.54, 1.807) is 7.11 Å². The van der Waals surface area contributed by atoms with Gasteiger partial charge in [0.2, 0.25) is 11.8 Å². The smallest absolute Gasteiger partial charge is 0.226 e. The molecule has 5 heteroatoms. The molecule has 1 fully saturated rings. The second kappa shape index (κ2) is 7.43. The van der Waals surface area contributed by atoms with Crippen LogP contribution in [0.3, 0.4) is 0 Å². The van der Waals surface area contributed by atoms with Gasteiger partial charge in [0.25, 0.3) is 0 Å². The van der Waals surface area contributed by atoms with Crippen LogP contribution in [-0.4, -0.2) is 30.4 Å². The van der Waals surface area contributed by atoms with Crippen LogP contribution in [0.15, 0.2) is 48.5 Å². The van der Waals surface area contributed by atoms with E-state index in [1.807, 2.05) is 41.3 Å². The van der Waals surface area contributed by atoms with Crippen molar-refractivity contribution in [2.24, 2.45) is 11.8 Å². The van der Waals surface area contributed by atoms with Crippen LogP contribution in [0.2, 0.25) is 0 Å². The van der Waals surface area contributed by atoms with Gasteiger partial charge in [0.1, 0.15) is 5.75 Å². The highest BCUT2D eigenvalue weighted by atomic mass is 16.5. The second-order valence-electron chi connectivity index (χ2n) is 7.26. The average Bonchev–Trinajstić information content (AvgIpc) is 3.52. The molecule has 2 amide bonds. The molecule has 2 unspecified atom stereocenters. The van der Waals surface area contributed by atoms with E-state index < -0.39 is 0 Å². The minimum Gasteiger partial charge on any atom is -0.496 e. The van der Waals surface area contributed by atoms with Crippen LogP contribution in [-0.2, 0) is 29.1 Å². The molecule has 1 heterocycles. The number of nitrogens with zero attached hydrogens (tertiary/aromatic N) is 1. The Morgan fingerprint density at radius 2 is 1.81 bits per heavy atom. The van der Waals surface area contributed by atoms with E-state index in [1.165, 1.54) is 11.1 Å². The standard InChI is InChI=1S/C22H24N2O3/c1-27-20-9-5-4-7-16(20)13-23-21(25)18-12-19(18)22(26)24-11-10-15-6-2-3-8-17(15)14-24/h2-9,18-19H,10-14H2,1H3,(H,23,25). The first-order valence-corrected chi connectivity index (χ1v) is 9.42. The molecule has 2 aromatic carbocycles. The molecular formula is C22H24N2O3. The number of carbonyl (C=O) groups is 2. The number of amides is 2. The fourth-order valence-electron chi connectivity index (χ4n) is 3.84. The van der Waals surface area contributed by atoms with E-state index in [-0.39, 0.29) is 23.7 Å². The summed E-state index contributed by atoms with van der Waals surface area (Å²) in [6.07, 6.45) is 1.54. The Bertz CT molecular complexity index is 864. The van der Waals surface area contributed by atoms with Crippen molar-refractivity contribution in [1.29, 1.82) is 0 Å². The number of rotatable bonds is 5. The zero-order valence-electron chi connectivity index (χ0n) is 15.5. The first-order chi connectivity index (χ1) is 13.2. The second-order valence-corrected chi connectivity index (χ2v) is 7.26. The Hall–Kier alpha value is -2.82. The van der Waals surface area contributed by atoms with Crippen molar-refractivity contribution in [3.63, 3.8) is 0 Å². The van der Waals surface area contributed by atoms with Gasteiger partial charge in [-0.25, -0.2) is 0 Å². The zero-order chi connectivity index (χ0) is 18.8. The lowest BCUT2D eigenvalue weighted by molar-refractivity contribution is -0.135. The molecule has 0 saturated heterocycles. The van der Waals surface area contributed by atoms with Crippen molar-refractivity contribution in [2.45, 2.75) is 25.9 Å². The summed E-state index contributed by atoms with van der Waals surface area (Å²) in [6, 6.07) is 15.9. The normalized spacial score (nSPS) is 20.6. The van der Waals surface area contributed by atoms with Gasteiger partial charge in [-0.3, -0.25) is 9.59 Å². The quantitative estimate of drug-likeness (QED) is 0.887. The monoisotopic (exact) mass is 364 g/mol. The van der Waals surface area contributed by atoms with Gasteiger partial charge < -0.3 is 15.0 Å². The van der Waals surface area contributed by atoms with Crippen molar-refractivity contribution in [1.82, 2.24) is 10.2 Å². The lowest BCUT2D eigenvalue weighted by Gasteiger charge is -2.29. The summed E-state index contributed by atoms with van der Waals surface area (Å²) in [5, 5.41) is 2.95. The third-order valence-electron chi connectivity index (χ3n) is 5.53. The van der Waals surface area contributed by atoms with Gasteiger partial charge in [0.15, 0.2) is 0 Å². The molecule has 2 atom stereocenters. The minimum atomic E-state index is -0.204. The van der Waals surface area contributed by atoms with E-state index in [9.17, 15) is 9.59 Å². The molecule has 5 nitrogen and oxygen atoms in total. The molecule has 1 saturated carbocycles. The number of fused-ring (bicyclic) bond motifs is 1. The van der Waals surface area contributed by atoms with Crippen molar-refractivity contribution in [3.05, 3.63) is 65.2 Å². The van der Waals surface area contributed by atoms with Gasteiger partial charge >= 0.3 is 0 Å². The topological polar surface area (TPSA) is 58.6 Å². The van der Waals surface area contributed by atoms with Gasteiger partial charge in [0, 0.05) is 25.2 Å². The van der Waals surface area contributed by atoms with E-state index >= 15 is 0 Å². The molecule has 0 radical (unpaired) electrons. The van der Waals surface area contributed by atoms with Crippen LogP contribution in [0.1, 0.15) is 23.1 Å². The molecule has 0 aromatic heterocycles. The van der Waals surface area contributed by atoms with E-state index in [4.69, 9.17) is 4.74 Å². The summed E-state index contributed by atoms with van der Waals surface area (Å²) >= 11 is 0. The predicted octanol–water partition coefficient (Wildman–Crippen LogP) is 2.53. The lowest BCUT2D eigenvalue weighted by Crippen LogP contribution is -2.38. The molecule has 2 aromatic rings. The van der Waals surface area contributed by atoms with Crippen LogP contribution in [0.4, 0.5) is 0 Å². The molecule has 2 aliphatic rings. The lowest BCUT2D eigenvalue weighted by atomic mass is 9.99. The van der Waals surface area contributed by atoms with Gasteiger partial charge in [0.05, 0.1) is 18.9 Å². The minimum absolute atomic E-state index is 0.0448. The Kier molecular flexibility index (Phi) is 4.84. The number of ether oxygens (including phenoxy) is 1. The van der Waals surface area contributed by atoms with Gasteiger partial charge in [-0.1, -0.05) is 42.5 Å². The molecule has 0 bridgehead atoms. The van der Waals surface area contributed by atoms with Gasteiger partial charge in [-0.15, -0.1) is 0 Å². The van der Waals surface area contributed by atoms with Crippen molar-refractivity contribution in [3.8, 4) is 5.75 Å². The summed E-state index contributed by atoms with van der Waals surface area (Å²) < 4.78 is 5.31. The number of para-hydroxylation sites is 1. The SMILES string of the molecule is COc1ccccc1CNC(=O)C1CC1C(=O)N1CCc2ccccc2C1. The first kappa shape index (κ1) is 17.6. The fourth-order valence-corrected chi connectivity index (χ4v) is 3.84. The van der Waals surface area contributed by atoms with Crippen LogP contribution in [0, 0.1) is 11.8 Å². The Labute approximate surface area is 159 Å². The van der Waals surface area contributed by atoms with Crippen molar-refractivity contribution >= 4 is 11.8 Å². The van der Waals surface area contributed by atoms with Crippen LogP contribution in [0.25, 0.3) is 0 Å². The van der Waals surface area contributed by atoms with Crippen LogP contribution in [0.5, 0.6) is 5.75 Å². The summed E-state index contributed by atoms with van der Waals surface area (Å²) in [7, 11) is 1.62. The maximum Gasteiger partial charge on any atom is 0.226 e. The molecular weight excluding hydrogens is 340 g/mol. The Balaban J connectivity index is 1.31. The Morgan fingerprint density at radius 1 is 1.07 bits per heavy atom. The molecule has 1 aliphatic heterocycles. The highest BCUT2D eigenvalue weighted by Crippen LogP contribution is 2.41. The van der Waals surface area contributed by atoms with Crippen molar-refractivity contribution in [2.75, 3.05) is 13.7 Å². The highest BCUT2D eigenvalue weighted by Gasteiger charge is 2.49. The number of benzene rings is 2. The number of hydrogen-bond donors (Lipinski definition) is 1. The summed E-state index contributed by atoms with van der Waals surface area (Å²) in [4.78, 5) is 27.1. The summed E-state index contributed by atoms with van der Waals surface area (Å²) in [5.74, 6) is 0.448. The summed E-state index contributed by atoms with van der Waals surface area (Å²) in [5.41, 5.74) is 3.47. The third-order valence-corrected chi connectivity index (χ3v) is 5.53. The molecule has 27 heavy (non-hydrogen) atoms. The van der Waals surface area contributed by atoms with E-state index in [2.05, 4.69) is 17.4 Å². The molecule has 4 rings (SSSR count). The number of carbonyl (C=O) groups excluding carboxylic acids is 2. The highest BCUT2D eigenvalue weighted by molar-refractivity contribution is 5.92. The average molecular weight is 364 g/mol. The van der Waals surface area contributed by atoms with Gasteiger partial charge in [-0.2, -0.15) is 0 Å². The van der Waals surface area contributed by atoms with Crippen LogP contribution >= 0.6 is 0 Å². The molecule has 1 N–H and O–H groups in total. The predicted molar refractivity (Wildman–Crippen MR) is 102 cm³/mol. The largest absolute Gasteiger partial charge is 0.496 e. The number of hydrogen-bond acceptors (Lipinski definition) is 3. The first-order valence-electron chi connectivity index (χ1n) is 9.42. The molecule has 1 aliphatic carbocycles. The number of methoxy groups -OCH3 is 1. The number of nitrogens with one attached hydrogen (secondary N) is 1. The maximum absolute atomic E-state index is 12.8. The Morgan fingerprint density at radius 3 is 2.63 bits per heavy atom.